The lowest BCUT2D eigenvalue weighted by Gasteiger charge is -2.48. The molecule has 2 aliphatic heterocycles. The number of furan rings is 1. The summed E-state index contributed by atoms with van der Waals surface area (Å²) in [5.41, 5.74) is 29.8. The molecule has 0 saturated carbocycles. The van der Waals surface area contributed by atoms with Gasteiger partial charge in [0.2, 0.25) is 0 Å². The summed E-state index contributed by atoms with van der Waals surface area (Å²) in [5.74, 6) is 0. The average molecular weight is 1120 g/mol. The Hall–Kier alpha value is -8.54. The molecular weight excluding hydrogens is 1040 g/mol. The molecule has 1 aromatic heterocycles. The Morgan fingerprint density at radius 3 is 1.41 bits per heavy atom. The van der Waals surface area contributed by atoms with Crippen molar-refractivity contribution in [3.63, 3.8) is 0 Å². The summed E-state index contributed by atoms with van der Waals surface area (Å²) in [6, 6.07) is 77.2. The van der Waals surface area contributed by atoms with Gasteiger partial charge in [-0.15, -0.1) is 0 Å². The van der Waals surface area contributed by atoms with Crippen LogP contribution in [-0.2, 0) is 32.5 Å². The second-order valence-electron chi connectivity index (χ2n) is 29.5. The third kappa shape index (κ3) is 7.74. The summed E-state index contributed by atoms with van der Waals surface area (Å²) in [6.45, 7) is 35.4. The second kappa shape index (κ2) is 18.3. The first-order valence-electron chi connectivity index (χ1n) is 31.2. The standard InChI is InChI=1S/C81H78BN3O/c1-49-43-71-74-72(44-49)85(69-29-22-24-57-56-23-16-21-30-73(56)86-75(57)69)68-42-40-55(83(52-35-31-50(32-36-52)76(2,3)4)53-37-33-51(34-38-53)77(5,6)7)46-66(68)82(74)67-47-64-65(81(14,15)61-28-20-19-27-60(61)80(64,12)13)48-70(67)84(71)54-39-41-62-63(45-54)79(10,11)59-26-18-17-25-58(59)78(62,8)9/h16-48H,1-15H3. The second-order valence-corrected chi connectivity index (χ2v) is 29.5. The number of benzene rings is 10. The number of aryl methyl sites for hydroxylation is 1. The Labute approximate surface area is 510 Å². The predicted molar refractivity (Wildman–Crippen MR) is 366 cm³/mol. The molecule has 0 bridgehead atoms. The van der Waals surface area contributed by atoms with Crippen LogP contribution in [0.25, 0.3) is 21.9 Å². The molecule has 4 nitrogen and oxygen atoms in total. The molecule has 86 heavy (non-hydrogen) atoms. The van der Waals surface area contributed by atoms with Gasteiger partial charge >= 0.3 is 0 Å². The van der Waals surface area contributed by atoms with E-state index in [1.807, 2.05) is 0 Å². The minimum atomic E-state index is -0.288. The van der Waals surface area contributed by atoms with Crippen molar-refractivity contribution in [1.82, 2.24) is 0 Å². The van der Waals surface area contributed by atoms with Crippen molar-refractivity contribution in [2.45, 2.75) is 136 Å². The molecule has 5 heteroatoms. The fourth-order valence-electron chi connectivity index (χ4n) is 15.9. The highest BCUT2D eigenvalue weighted by molar-refractivity contribution is 7.00. The van der Waals surface area contributed by atoms with E-state index in [0.717, 1.165) is 56.1 Å². The number of fused-ring (bicyclic) bond motifs is 11. The lowest BCUT2D eigenvalue weighted by Crippen LogP contribution is -2.62. The maximum Gasteiger partial charge on any atom is 0.252 e. The van der Waals surface area contributed by atoms with E-state index in [0.29, 0.717) is 0 Å². The molecule has 0 fully saturated rings. The van der Waals surface area contributed by atoms with Crippen LogP contribution in [0.1, 0.15) is 158 Å². The van der Waals surface area contributed by atoms with Crippen molar-refractivity contribution in [2.24, 2.45) is 0 Å². The van der Waals surface area contributed by atoms with Crippen LogP contribution in [0.5, 0.6) is 0 Å². The zero-order valence-corrected chi connectivity index (χ0v) is 52.9. The lowest BCUT2D eigenvalue weighted by atomic mass is 9.33. The van der Waals surface area contributed by atoms with Crippen LogP contribution < -0.4 is 31.1 Å². The Bertz CT molecular complexity index is 4580. The van der Waals surface area contributed by atoms with Crippen molar-refractivity contribution in [2.75, 3.05) is 14.7 Å². The zero-order valence-electron chi connectivity index (χ0n) is 52.9. The molecule has 15 rings (SSSR count). The highest BCUT2D eigenvalue weighted by Crippen LogP contribution is 2.56. The summed E-state index contributed by atoms with van der Waals surface area (Å²) in [6.07, 6.45) is 0. The third-order valence-electron chi connectivity index (χ3n) is 20.7. The number of para-hydroxylation sites is 2. The van der Waals surface area contributed by atoms with E-state index in [4.69, 9.17) is 4.42 Å². The molecule has 0 unspecified atom stereocenters. The van der Waals surface area contributed by atoms with E-state index >= 15 is 0 Å². The van der Waals surface area contributed by atoms with Gasteiger partial charge in [-0.05, 0) is 180 Å². The molecule has 0 radical (unpaired) electrons. The highest BCUT2D eigenvalue weighted by Gasteiger charge is 2.49. The minimum Gasteiger partial charge on any atom is -0.454 e. The minimum absolute atomic E-state index is 0.00374. The monoisotopic (exact) mass is 1120 g/mol. The Morgan fingerprint density at radius 1 is 0.372 bits per heavy atom. The van der Waals surface area contributed by atoms with Gasteiger partial charge < -0.3 is 19.1 Å². The van der Waals surface area contributed by atoms with E-state index in [2.05, 4.69) is 319 Å². The molecule has 426 valence electrons. The maximum absolute atomic E-state index is 7.07. The highest BCUT2D eigenvalue weighted by atomic mass is 16.3. The summed E-state index contributed by atoms with van der Waals surface area (Å²) in [7, 11) is 0. The van der Waals surface area contributed by atoms with Crippen molar-refractivity contribution < 1.29 is 4.42 Å². The number of anilines is 9. The molecule has 2 aliphatic carbocycles. The van der Waals surface area contributed by atoms with Crippen molar-refractivity contribution >= 4 is 96.2 Å². The van der Waals surface area contributed by atoms with Crippen LogP contribution in [0.2, 0.25) is 0 Å². The van der Waals surface area contributed by atoms with E-state index in [9.17, 15) is 0 Å². The van der Waals surface area contributed by atoms with Crippen LogP contribution in [0.4, 0.5) is 51.2 Å². The van der Waals surface area contributed by atoms with Crippen LogP contribution in [-0.4, -0.2) is 6.71 Å². The van der Waals surface area contributed by atoms with Crippen molar-refractivity contribution in [3.05, 3.63) is 261 Å². The topological polar surface area (TPSA) is 22.9 Å². The summed E-state index contributed by atoms with van der Waals surface area (Å²) >= 11 is 0. The van der Waals surface area contributed by atoms with E-state index in [1.54, 1.807) is 0 Å². The number of nitrogens with zero attached hydrogens (tertiary/aromatic N) is 3. The first-order valence-corrected chi connectivity index (χ1v) is 31.2. The molecule has 0 N–H and O–H groups in total. The SMILES string of the molecule is Cc1cc2c3c(c1)N(c1cccc4c1oc1ccccc14)c1ccc(N(c4ccc(C(C)(C)C)cc4)c4ccc(C(C)(C)C)cc4)cc1B3c1cc3c(cc1N2c1ccc2c(c1)C(C)(C)c1ccccc1C2(C)C)C(C)(C)c1ccccc1C3(C)C. The predicted octanol–water partition coefficient (Wildman–Crippen LogP) is 20.0. The van der Waals surface area contributed by atoms with Crippen LogP contribution >= 0.6 is 0 Å². The van der Waals surface area contributed by atoms with E-state index < -0.39 is 0 Å². The largest absolute Gasteiger partial charge is 0.454 e. The molecular formula is C81H78BN3O. The average Bonchev–Trinajstić information content (AvgIpc) is 0.725. The summed E-state index contributed by atoms with van der Waals surface area (Å²) < 4.78 is 7.07. The zero-order chi connectivity index (χ0) is 59.9. The molecule has 11 aromatic rings. The Kier molecular flexibility index (Phi) is 11.5. The first-order chi connectivity index (χ1) is 40.8. The van der Waals surface area contributed by atoms with E-state index in [1.165, 1.54) is 94.6 Å². The quantitative estimate of drug-likeness (QED) is 0.160. The van der Waals surface area contributed by atoms with Gasteiger partial charge in [-0.1, -0.05) is 212 Å². The molecule has 0 amide bonds. The number of hydrogen-bond donors (Lipinski definition) is 0. The maximum atomic E-state index is 7.07. The van der Waals surface area contributed by atoms with Gasteiger partial charge in [0.15, 0.2) is 5.58 Å². The molecule has 10 aromatic carbocycles. The van der Waals surface area contributed by atoms with Gasteiger partial charge in [-0.2, -0.15) is 0 Å². The summed E-state index contributed by atoms with van der Waals surface area (Å²) in [5, 5.41) is 2.22. The fraction of sp³-hybridized carbons (Fsp3) is 0.259. The lowest BCUT2D eigenvalue weighted by molar-refractivity contribution is 0.520. The van der Waals surface area contributed by atoms with Gasteiger partial charge in [0, 0.05) is 77.9 Å². The van der Waals surface area contributed by atoms with Gasteiger partial charge in [0.1, 0.15) is 5.58 Å². The van der Waals surface area contributed by atoms with Gasteiger partial charge in [0.25, 0.3) is 6.71 Å². The fourth-order valence-corrected chi connectivity index (χ4v) is 15.9. The molecule has 0 spiro atoms. The van der Waals surface area contributed by atoms with Crippen LogP contribution in [0.3, 0.4) is 0 Å². The van der Waals surface area contributed by atoms with Crippen LogP contribution in [0.15, 0.2) is 205 Å². The number of rotatable bonds is 5. The van der Waals surface area contributed by atoms with Crippen LogP contribution in [0, 0.1) is 6.92 Å². The van der Waals surface area contributed by atoms with Gasteiger partial charge in [0.05, 0.1) is 5.69 Å². The summed E-state index contributed by atoms with van der Waals surface area (Å²) in [4.78, 5) is 7.70. The van der Waals surface area contributed by atoms with Crippen molar-refractivity contribution in [3.8, 4) is 0 Å². The Morgan fingerprint density at radius 2 is 0.837 bits per heavy atom. The molecule has 4 aliphatic rings. The molecule has 3 heterocycles. The van der Waals surface area contributed by atoms with E-state index in [-0.39, 0.29) is 39.2 Å². The smallest absolute Gasteiger partial charge is 0.252 e. The van der Waals surface area contributed by atoms with Gasteiger partial charge in [-0.3, -0.25) is 0 Å². The number of hydrogen-bond acceptors (Lipinski definition) is 4. The Balaban J connectivity index is 1.05. The molecule has 0 saturated heterocycles. The van der Waals surface area contributed by atoms with Crippen molar-refractivity contribution in [1.29, 1.82) is 0 Å². The normalized spacial score (nSPS) is 16.4. The van der Waals surface area contributed by atoms with Gasteiger partial charge in [-0.25, -0.2) is 0 Å². The first kappa shape index (κ1) is 54.1. The third-order valence-corrected chi connectivity index (χ3v) is 20.7. The molecule has 0 atom stereocenters.